The minimum atomic E-state index is -0.376. The van der Waals surface area contributed by atoms with Crippen molar-refractivity contribution in [2.24, 2.45) is 0 Å². The van der Waals surface area contributed by atoms with Crippen LogP contribution in [0.15, 0.2) is 24.4 Å². The normalized spacial score (nSPS) is 17.2. The van der Waals surface area contributed by atoms with Gasteiger partial charge in [0.15, 0.2) is 5.01 Å². The van der Waals surface area contributed by atoms with Gasteiger partial charge in [-0.3, -0.25) is 4.79 Å². The average Bonchev–Trinajstić information content (AvgIpc) is 3.08. The summed E-state index contributed by atoms with van der Waals surface area (Å²) in [5.74, 6) is -0.126. The Kier molecular flexibility index (Phi) is 5.06. The maximum Gasteiger partial charge on any atom is 0.228 e. The molecule has 9 heteroatoms. The molecule has 27 heavy (non-hydrogen) atoms. The Labute approximate surface area is 159 Å². The van der Waals surface area contributed by atoms with Gasteiger partial charge in [-0.25, -0.2) is 9.37 Å². The number of benzene rings is 1. The van der Waals surface area contributed by atoms with Crippen LogP contribution < -0.4 is 10.6 Å². The summed E-state index contributed by atoms with van der Waals surface area (Å²) in [5.41, 5.74) is 0.387. The van der Waals surface area contributed by atoms with Gasteiger partial charge in [0.2, 0.25) is 5.91 Å². The van der Waals surface area contributed by atoms with E-state index in [1.807, 2.05) is 6.92 Å². The molecule has 0 saturated carbocycles. The molecule has 2 aromatic heterocycles. The number of morpholine rings is 1. The number of carbonyl (C=O) groups excluding carboxylic acids is 1. The second kappa shape index (κ2) is 7.63. The van der Waals surface area contributed by atoms with E-state index in [2.05, 4.69) is 25.8 Å². The van der Waals surface area contributed by atoms with E-state index in [-0.39, 0.29) is 24.2 Å². The summed E-state index contributed by atoms with van der Waals surface area (Å²) in [6.45, 7) is 3.88. The van der Waals surface area contributed by atoms with Crippen LogP contribution in [-0.4, -0.2) is 46.9 Å². The lowest BCUT2D eigenvalue weighted by atomic mass is 10.1. The van der Waals surface area contributed by atoms with Crippen molar-refractivity contribution in [3.8, 4) is 10.6 Å². The lowest BCUT2D eigenvalue weighted by Crippen LogP contribution is -2.40. The zero-order valence-electron chi connectivity index (χ0n) is 14.7. The van der Waals surface area contributed by atoms with E-state index in [0.29, 0.717) is 34.9 Å². The molecule has 1 fully saturated rings. The molecule has 7 nitrogen and oxygen atoms in total. The van der Waals surface area contributed by atoms with Gasteiger partial charge in [-0.1, -0.05) is 11.3 Å². The Hall–Kier alpha value is -2.49. The van der Waals surface area contributed by atoms with E-state index >= 15 is 0 Å². The number of ether oxygens (including phenoxy) is 1. The molecule has 140 valence electrons. The molecular formula is C18H18FN5O2S. The first-order chi connectivity index (χ1) is 13.1. The van der Waals surface area contributed by atoms with Crippen molar-refractivity contribution in [2.45, 2.75) is 19.4 Å². The lowest BCUT2D eigenvalue weighted by Gasteiger charge is -2.22. The molecule has 0 spiro atoms. The number of carbonyl (C=O) groups is 1. The highest BCUT2D eigenvalue weighted by molar-refractivity contribution is 7.14. The number of halogens is 1. The number of rotatable bonds is 4. The predicted molar refractivity (Wildman–Crippen MR) is 101 cm³/mol. The molecule has 1 atom stereocenters. The van der Waals surface area contributed by atoms with Crippen LogP contribution >= 0.6 is 11.3 Å². The van der Waals surface area contributed by atoms with Crippen molar-refractivity contribution >= 4 is 33.8 Å². The third-order valence-electron chi connectivity index (χ3n) is 4.25. The summed E-state index contributed by atoms with van der Waals surface area (Å²) in [7, 11) is 0. The molecule has 4 rings (SSSR count). The van der Waals surface area contributed by atoms with E-state index in [9.17, 15) is 9.18 Å². The highest BCUT2D eigenvalue weighted by Crippen LogP contribution is 2.30. The van der Waals surface area contributed by atoms with Gasteiger partial charge in [-0.05, 0) is 30.5 Å². The number of aryl methyl sites for hydroxylation is 1. The minimum Gasteiger partial charge on any atom is -0.375 e. The first-order valence-electron chi connectivity index (χ1n) is 8.60. The number of anilines is 1. The van der Waals surface area contributed by atoms with Crippen LogP contribution in [0.3, 0.4) is 0 Å². The summed E-state index contributed by atoms with van der Waals surface area (Å²) in [4.78, 5) is 16.4. The summed E-state index contributed by atoms with van der Waals surface area (Å²) in [6, 6.07) is 4.85. The van der Waals surface area contributed by atoms with Crippen LogP contribution in [0.5, 0.6) is 0 Å². The Morgan fingerprint density at radius 2 is 2.26 bits per heavy atom. The maximum atomic E-state index is 14.4. The molecule has 1 aliphatic rings. The van der Waals surface area contributed by atoms with Gasteiger partial charge < -0.3 is 15.4 Å². The number of nitrogens with one attached hydrogen (secondary N) is 2. The van der Waals surface area contributed by atoms with Crippen LogP contribution in [0.1, 0.15) is 11.4 Å². The van der Waals surface area contributed by atoms with Gasteiger partial charge >= 0.3 is 0 Å². The molecular weight excluding hydrogens is 369 g/mol. The van der Waals surface area contributed by atoms with Crippen molar-refractivity contribution in [3.63, 3.8) is 0 Å². The van der Waals surface area contributed by atoms with Gasteiger partial charge in [0.1, 0.15) is 16.6 Å². The Balaban J connectivity index is 1.55. The van der Waals surface area contributed by atoms with Crippen molar-refractivity contribution in [3.05, 3.63) is 35.2 Å². The van der Waals surface area contributed by atoms with Crippen LogP contribution in [-0.2, 0) is 9.53 Å². The molecule has 0 aliphatic carbocycles. The fourth-order valence-corrected chi connectivity index (χ4v) is 3.66. The lowest BCUT2D eigenvalue weighted by molar-refractivity contribution is -0.119. The van der Waals surface area contributed by atoms with Crippen molar-refractivity contribution < 1.29 is 13.9 Å². The van der Waals surface area contributed by atoms with Crippen LogP contribution in [0.4, 0.5) is 10.2 Å². The zero-order chi connectivity index (χ0) is 18.8. The molecule has 0 radical (unpaired) electrons. The predicted octanol–water partition coefficient (Wildman–Crippen LogP) is 2.52. The highest BCUT2D eigenvalue weighted by atomic mass is 32.1. The number of hydrogen-bond acceptors (Lipinski definition) is 7. The number of amides is 1. The molecule has 1 amide bonds. The number of pyridine rings is 1. The fraction of sp³-hybridized carbons (Fsp3) is 0.333. The fourth-order valence-electron chi connectivity index (χ4n) is 2.95. The Morgan fingerprint density at radius 3 is 3.00 bits per heavy atom. The van der Waals surface area contributed by atoms with E-state index < -0.39 is 0 Å². The summed E-state index contributed by atoms with van der Waals surface area (Å²) in [5, 5.41) is 16.6. The average molecular weight is 387 g/mol. The maximum absolute atomic E-state index is 14.4. The molecule has 1 aromatic carbocycles. The third kappa shape index (κ3) is 4.10. The summed E-state index contributed by atoms with van der Waals surface area (Å²) >= 11 is 1.33. The zero-order valence-corrected chi connectivity index (χ0v) is 15.5. The molecule has 1 aliphatic heterocycles. The van der Waals surface area contributed by atoms with Gasteiger partial charge in [-0.15, -0.1) is 10.2 Å². The number of nitrogens with zero attached hydrogens (tertiary/aromatic N) is 3. The quantitative estimate of drug-likeness (QED) is 0.715. The van der Waals surface area contributed by atoms with Gasteiger partial charge in [0, 0.05) is 30.2 Å². The summed E-state index contributed by atoms with van der Waals surface area (Å²) < 4.78 is 19.9. The van der Waals surface area contributed by atoms with E-state index in [1.165, 1.54) is 17.4 Å². The molecule has 3 heterocycles. The molecule has 2 N–H and O–H groups in total. The van der Waals surface area contributed by atoms with Crippen molar-refractivity contribution in [2.75, 3.05) is 25.0 Å². The van der Waals surface area contributed by atoms with Crippen LogP contribution in [0, 0.1) is 12.7 Å². The van der Waals surface area contributed by atoms with Crippen LogP contribution in [0.25, 0.3) is 21.3 Å². The monoisotopic (exact) mass is 387 g/mol. The second-order valence-electron chi connectivity index (χ2n) is 6.32. The van der Waals surface area contributed by atoms with Gasteiger partial charge in [0.05, 0.1) is 19.1 Å². The van der Waals surface area contributed by atoms with E-state index in [4.69, 9.17) is 4.74 Å². The van der Waals surface area contributed by atoms with E-state index in [1.54, 1.807) is 18.3 Å². The van der Waals surface area contributed by atoms with E-state index in [0.717, 1.165) is 16.9 Å². The molecule has 3 aromatic rings. The Morgan fingerprint density at radius 1 is 1.37 bits per heavy atom. The molecule has 1 saturated heterocycles. The molecule has 0 bridgehead atoms. The largest absolute Gasteiger partial charge is 0.375 e. The SMILES string of the molecule is Cc1nnc(-c2cc3cc(NC(=O)CC4CNCCO4)ncc3cc2F)s1. The Bertz CT molecular complexity index is 987. The van der Waals surface area contributed by atoms with Crippen LogP contribution in [0.2, 0.25) is 0 Å². The minimum absolute atomic E-state index is 0.138. The third-order valence-corrected chi connectivity index (χ3v) is 5.12. The van der Waals surface area contributed by atoms with Gasteiger partial charge in [0.25, 0.3) is 0 Å². The number of fused-ring (bicyclic) bond motifs is 1. The van der Waals surface area contributed by atoms with Crippen molar-refractivity contribution in [1.29, 1.82) is 0 Å². The van der Waals surface area contributed by atoms with Crippen molar-refractivity contribution in [1.82, 2.24) is 20.5 Å². The highest BCUT2D eigenvalue weighted by Gasteiger charge is 2.18. The van der Waals surface area contributed by atoms with Gasteiger partial charge in [-0.2, -0.15) is 0 Å². The smallest absolute Gasteiger partial charge is 0.228 e. The first kappa shape index (κ1) is 17.9. The topological polar surface area (TPSA) is 89.0 Å². The molecule has 1 unspecified atom stereocenters. The standard InChI is InChI=1S/C18H18FN5O2S/c1-10-23-24-18(27-10)14-4-11-6-16(21-8-12(11)5-15(14)19)22-17(25)7-13-9-20-2-3-26-13/h4-6,8,13,20H,2-3,7,9H2,1H3,(H,21,22,25). The first-order valence-corrected chi connectivity index (χ1v) is 9.42. The number of hydrogen-bond donors (Lipinski definition) is 2. The summed E-state index contributed by atoms with van der Waals surface area (Å²) in [6.07, 6.45) is 1.66. The number of aromatic nitrogens is 3. The second-order valence-corrected chi connectivity index (χ2v) is 7.51.